The topological polar surface area (TPSA) is 64.9 Å². The average Bonchev–Trinajstić information content (AvgIpc) is 3.28. The molecule has 2 aromatic heterocycles. The normalized spacial score (nSPS) is 14.5. The van der Waals surface area contributed by atoms with E-state index in [1.807, 2.05) is 30.5 Å². The number of hydrogen-bond donors (Lipinski definition) is 1. The van der Waals surface area contributed by atoms with Gasteiger partial charge in [0.05, 0.1) is 18.1 Å². The second kappa shape index (κ2) is 8.78. The summed E-state index contributed by atoms with van der Waals surface area (Å²) < 4.78 is 7.63. The van der Waals surface area contributed by atoms with Crippen molar-refractivity contribution in [3.63, 3.8) is 0 Å². The lowest BCUT2D eigenvalue weighted by atomic mass is 9.96. The van der Waals surface area contributed by atoms with Crippen molar-refractivity contribution in [2.75, 3.05) is 12.4 Å². The Morgan fingerprint density at radius 2 is 1.74 bits per heavy atom. The molecule has 0 bridgehead atoms. The van der Waals surface area contributed by atoms with Crippen molar-refractivity contribution in [1.29, 1.82) is 0 Å². The van der Waals surface area contributed by atoms with E-state index in [0.29, 0.717) is 12.0 Å². The monoisotopic (exact) mass is 449 g/mol. The van der Waals surface area contributed by atoms with Crippen LogP contribution in [-0.2, 0) is 0 Å². The quantitative estimate of drug-likeness (QED) is 0.337. The molecule has 5 aromatic rings. The molecular weight excluding hydrogens is 422 g/mol. The highest BCUT2D eigenvalue weighted by atomic mass is 16.5. The molecule has 34 heavy (non-hydrogen) atoms. The zero-order valence-corrected chi connectivity index (χ0v) is 19.2. The fraction of sp³-hybridized carbons (Fsp3) is 0.250. The minimum Gasteiger partial charge on any atom is -0.497 e. The first-order chi connectivity index (χ1) is 16.8. The molecule has 6 rings (SSSR count). The van der Waals surface area contributed by atoms with Gasteiger partial charge in [-0.2, -0.15) is 4.98 Å². The maximum Gasteiger partial charge on any atom is 0.224 e. The number of nitrogens with zero attached hydrogens (tertiary/aromatic N) is 4. The molecule has 0 radical (unpaired) electrons. The van der Waals surface area contributed by atoms with Crippen molar-refractivity contribution < 1.29 is 4.74 Å². The summed E-state index contributed by atoms with van der Waals surface area (Å²) in [5.74, 6) is 3.08. The Bertz CT molecular complexity index is 1470. The van der Waals surface area contributed by atoms with Gasteiger partial charge in [0.15, 0.2) is 0 Å². The van der Waals surface area contributed by atoms with Crippen LogP contribution in [0.25, 0.3) is 39.0 Å². The van der Waals surface area contributed by atoms with Gasteiger partial charge in [0.2, 0.25) is 5.95 Å². The first-order valence-electron chi connectivity index (χ1n) is 11.9. The number of aromatic nitrogens is 4. The molecule has 0 spiro atoms. The standard InChI is InChI=1S/C28H27N5O/c1-34-23-13-14-24-25(18-23)33(26-15-16-29-28(32-26)30-22-9-3-2-4-10-22)27(31-24)21-12-11-19-7-5-6-8-20(19)17-21/h5-8,11-18,22H,2-4,9-10H2,1H3,(H,29,30,32). The highest BCUT2D eigenvalue weighted by molar-refractivity contribution is 5.89. The number of ether oxygens (including phenoxy) is 1. The lowest BCUT2D eigenvalue weighted by Gasteiger charge is -2.22. The Labute approximate surface area is 198 Å². The number of methoxy groups -OCH3 is 1. The molecule has 1 saturated carbocycles. The van der Waals surface area contributed by atoms with Gasteiger partial charge in [-0.05, 0) is 47.9 Å². The molecule has 6 nitrogen and oxygen atoms in total. The summed E-state index contributed by atoms with van der Waals surface area (Å²) in [4.78, 5) is 14.5. The molecule has 0 amide bonds. The minimum absolute atomic E-state index is 0.434. The largest absolute Gasteiger partial charge is 0.497 e. The van der Waals surface area contributed by atoms with Crippen molar-refractivity contribution in [2.24, 2.45) is 0 Å². The van der Waals surface area contributed by atoms with E-state index in [4.69, 9.17) is 14.7 Å². The predicted molar refractivity (Wildman–Crippen MR) is 137 cm³/mol. The summed E-state index contributed by atoms with van der Waals surface area (Å²) in [5.41, 5.74) is 2.88. The zero-order valence-electron chi connectivity index (χ0n) is 19.2. The third-order valence-electron chi connectivity index (χ3n) is 6.68. The SMILES string of the molecule is COc1ccc2nc(-c3ccc4ccccc4c3)n(-c3ccnc(NC4CCCCC4)n3)c2c1. The van der Waals surface area contributed by atoms with Crippen LogP contribution in [0.15, 0.2) is 72.9 Å². The van der Waals surface area contributed by atoms with E-state index in [9.17, 15) is 0 Å². The molecule has 0 aliphatic heterocycles. The molecule has 1 aliphatic rings. The second-order valence-electron chi connectivity index (χ2n) is 8.91. The van der Waals surface area contributed by atoms with Crippen molar-refractivity contribution >= 4 is 27.8 Å². The Morgan fingerprint density at radius 3 is 2.59 bits per heavy atom. The number of imidazole rings is 1. The van der Waals surface area contributed by atoms with Crippen LogP contribution < -0.4 is 10.1 Å². The molecule has 1 fully saturated rings. The maximum absolute atomic E-state index is 5.52. The third kappa shape index (κ3) is 3.85. The molecular formula is C28H27N5O. The summed E-state index contributed by atoms with van der Waals surface area (Å²) >= 11 is 0. The molecule has 170 valence electrons. The first-order valence-corrected chi connectivity index (χ1v) is 11.9. The van der Waals surface area contributed by atoms with Gasteiger partial charge in [-0.15, -0.1) is 0 Å². The Kier molecular flexibility index (Phi) is 5.34. The third-order valence-corrected chi connectivity index (χ3v) is 6.68. The number of benzene rings is 3. The lowest BCUT2D eigenvalue weighted by molar-refractivity contribution is 0.415. The molecule has 0 unspecified atom stereocenters. The predicted octanol–water partition coefficient (Wildman–Crippen LogP) is 6.39. The molecule has 0 saturated heterocycles. The first kappa shape index (κ1) is 20.7. The Hall–Kier alpha value is -3.93. The van der Waals surface area contributed by atoms with Crippen molar-refractivity contribution in [3.8, 4) is 23.0 Å². The van der Waals surface area contributed by atoms with E-state index in [0.717, 1.165) is 34.0 Å². The van der Waals surface area contributed by atoms with Gasteiger partial charge < -0.3 is 10.1 Å². The van der Waals surface area contributed by atoms with Gasteiger partial charge in [-0.3, -0.25) is 4.57 Å². The van der Waals surface area contributed by atoms with Gasteiger partial charge in [-0.25, -0.2) is 9.97 Å². The fourth-order valence-corrected chi connectivity index (χ4v) is 4.91. The number of anilines is 1. The molecule has 1 N–H and O–H groups in total. The van der Waals surface area contributed by atoms with E-state index in [1.165, 1.54) is 42.9 Å². The highest BCUT2D eigenvalue weighted by Crippen LogP contribution is 2.32. The summed E-state index contributed by atoms with van der Waals surface area (Å²) in [6.07, 6.45) is 7.99. The van der Waals surface area contributed by atoms with Crippen LogP contribution in [-0.4, -0.2) is 32.7 Å². The van der Waals surface area contributed by atoms with Gasteiger partial charge in [0.25, 0.3) is 0 Å². The summed E-state index contributed by atoms with van der Waals surface area (Å²) in [6.45, 7) is 0. The van der Waals surface area contributed by atoms with E-state index in [1.54, 1.807) is 7.11 Å². The number of rotatable bonds is 5. The molecule has 2 heterocycles. The average molecular weight is 450 g/mol. The Morgan fingerprint density at radius 1 is 0.882 bits per heavy atom. The van der Waals surface area contributed by atoms with Crippen molar-refractivity contribution in [2.45, 2.75) is 38.1 Å². The Balaban J connectivity index is 1.50. The van der Waals surface area contributed by atoms with Crippen LogP contribution in [0.3, 0.4) is 0 Å². The van der Waals surface area contributed by atoms with Gasteiger partial charge in [0.1, 0.15) is 17.4 Å². The van der Waals surface area contributed by atoms with Gasteiger partial charge in [0, 0.05) is 23.9 Å². The summed E-state index contributed by atoms with van der Waals surface area (Å²) in [6, 6.07) is 23.2. The zero-order chi connectivity index (χ0) is 22.9. The molecule has 1 aliphatic carbocycles. The molecule has 0 atom stereocenters. The van der Waals surface area contributed by atoms with Crippen molar-refractivity contribution in [3.05, 3.63) is 72.9 Å². The number of nitrogens with one attached hydrogen (secondary N) is 1. The van der Waals surface area contributed by atoms with Crippen LogP contribution in [0.1, 0.15) is 32.1 Å². The summed E-state index contributed by atoms with van der Waals surface area (Å²) in [5, 5.41) is 5.94. The van der Waals surface area contributed by atoms with E-state index < -0.39 is 0 Å². The minimum atomic E-state index is 0.434. The van der Waals surface area contributed by atoms with Crippen LogP contribution >= 0.6 is 0 Å². The molecule has 6 heteroatoms. The second-order valence-corrected chi connectivity index (χ2v) is 8.91. The van der Waals surface area contributed by atoms with E-state index >= 15 is 0 Å². The smallest absolute Gasteiger partial charge is 0.224 e. The number of hydrogen-bond acceptors (Lipinski definition) is 5. The molecule has 3 aromatic carbocycles. The van der Waals surface area contributed by atoms with E-state index in [2.05, 4.69) is 57.3 Å². The summed E-state index contributed by atoms with van der Waals surface area (Å²) in [7, 11) is 1.68. The maximum atomic E-state index is 5.52. The van der Waals surface area contributed by atoms with Crippen LogP contribution in [0, 0.1) is 0 Å². The number of fused-ring (bicyclic) bond motifs is 2. The van der Waals surface area contributed by atoms with Crippen LogP contribution in [0.2, 0.25) is 0 Å². The van der Waals surface area contributed by atoms with Crippen molar-refractivity contribution in [1.82, 2.24) is 19.5 Å². The lowest BCUT2D eigenvalue weighted by Crippen LogP contribution is -2.23. The van der Waals surface area contributed by atoms with E-state index in [-0.39, 0.29) is 0 Å². The van der Waals surface area contributed by atoms with Gasteiger partial charge >= 0.3 is 0 Å². The van der Waals surface area contributed by atoms with Crippen LogP contribution in [0.4, 0.5) is 5.95 Å². The van der Waals surface area contributed by atoms with Gasteiger partial charge in [-0.1, -0.05) is 55.7 Å². The van der Waals surface area contributed by atoms with Crippen LogP contribution in [0.5, 0.6) is 5.75 Å². The highest BCUT2D eigenvalue weighted by Gasteiger charge is 2.18. The fourth-order valence-electron chi connectivity index (χ4n) is 4.91.